The van der Waals surface area contributed by atoms with E-state index in [9.17, 15) is 5.11 Å². The Balaban J connectivity index is 3.31. The van der Waals surface area contributed by atoms with Crippen LogP contribution in [-0.2, 0) is 0 Å². The van der Waals surface area contributed by atoms with Gasteiger partial charge in [-0.3, -0.25) is 0 Å². The fourth-order valence-electron chi connectivity index (χ4n) is 2.27. The van der Waals surface area contributed by atoms with E-state index in [0.29, 0.717) is 5.92 Å². The summed E-state index contributed by atoms with van der Waals surface area (Å²) in [7, 11) is 0. The lowest BCUT2D eigenvalue weighted by molar-refractivity contribution is 0.127. The van der Waals surface area contributed by atoms with Gasteiger partial charge in [-0.15, -0.1) is 0 Å². The van der Waals surface area contributed by atoms with Crippen molar-refractivity contribution < 1.29 is 5.11 Å². The third-order valence-electron chi connectivity index (χ3n) is 3.98. The number of hydrogen-bond donors (Lipinski definition) is 1. The molecule has 0 aliphatic rings. The van der Waals surface area contributed by atoms with E-state index in [1.807, 2.05) is 6.92 Å². The first-order chi connectivity index (χ1) is 8.07. The van der Waals surface area contributed by atoms with E-state index in [4.69, 9.17) is 0 Å². The van der Waals surface area contributed by atoms with Gasteiger partial charge >= 0.3 is 0 Å². The summed E-state index contributed by atoms with van der Waals surface area (Å²) in [6, 6.07) is 0. The van der Waals surface area contributed by atoms with Crippen molar-refractivity contribution in [3.63, 3.8) is 0 Å². The fraction of sp³-hybridized carbons (Fsp3) is 1.00. The van der Waals surface area contributed by atoms with Crippen LogP contribution >= 0.6 is 0 Å². The summed E-state index contributed by atoms with van der Waals surface area (Å²) in [5, 5.41) is 9.41. The Bertz CT molecular complexity index is 154. The van der Waals surface area contributed by atoms with Gasteiger partial charge in [0, 0.05) is 0 Å². The third kappa shape index (κ3) is 10.8. The van der Waals surface area contributed by atoms with Crippen LogP contribution in [0.15, 0.2) is 0 Å². The minimum atomic E-state index is -0.139. The predicted octanol–water partition coefficient (Wildman–Crippen LogP) is 5.17. The van der Waals surface area contributed by atoms with Crippen molar-refractivity contribution in [3.05, 3.63) is 0 Å². The Morgan fingerprint density at radius 1 is 0.765 bits per heavy atom. The Labute approximate surface area is 109 Å². The molecule has 0 aliphatic carbocycles. The molecule has 0 radical (unpaired) electrons. The van der Waals surface area contributed by atoms with Gasteiger partial charge in [-0.05, 0) is 25.2 Å². The van der Waals surface area contributed by atoms with Crippen molar-refractivity contribution in [1.82, 2.24) is 0 Å². The molecule has 0 aliphatic heterocycles. The van der Waals surface area contributed by atoms with Crippen LogP contribution in [0.1, 0.15) is 85.5 Å². The zero-order valence-corrected chi connectivity index (χ0v) is 12.5. The van der Waals surface area contributed by atoms with E-state index in [-0.39, 0.29) is 6.10 Å². The van der Waals surface area contributed by atoms with Gasteiger partial charge in [0.1, 0.15) is 0 Å². The highest BCUT2D eigenvalue weighted by Crippen LogP contribution is 2.19. The van der Waals surface area contributed by atoms with E-state index < -0.39 is 0 Å². The molecule has 3 atom stereocenters. The topological polar surface area (TPSA) is 20.2 Å². The third-order valence-corrected chi connectivity index (χ3v) is 3.98. The number of hydrogen-bond acceptors (Lipinski definition) is 1. The van der Waals surface area contributed by atoms with Crippen LogP contribution in [0, 0.1) is 11.8 Å². The summed E-state index contributed by atoms with van der Waals surface area (Å²) >= 11 is 0. The molecule has 0 rings (SSSR count). The number of aliphatic hydroxyl groups excluding tert-OH is 1. The van der Waals surface area contributed by atoms with Gasteiger partial charge in [0.15, 0.2) is 0 Å². The molecule has 1 nitrogen and oxygen atoms in total. The van der Waals surface area contributed by atoms with Gasteiger partial charge < -0.3 is 5.11 Å². The molecule has 104 valence electrons. The molecule has 0 fully saturated rings. The molecule has 1 N–H and O–H groups in total. The van der Waals surface area contributed by atoms with Crippen LogP contribution in [0.2, 0.25) is 0 Å². The van der Waals surface area contributed by atoms with Crippen LogP contribution in [0.4, 0.5) is 0 Å². The van der Waals surface area contributed by atoms with Crippen LogP contribution in [0.5, 0.6) is 0 Å². The van der Waals surface area contributed by atoms with E-state index in [1.165, 1.54) is 57.8 Å². The highest BCUT2D eigenvalue weighted by molar-refractivity contribution is 4.61. The van der Waals surface area contributed by atoms with Crippen LogP contribution in [0.3, 0.4) is 0 Å². The second-order valence-corrected chi connectivity index (χ2v) is 5.96. The standard InChI is InChI=1S/C16H34O/c1-5-6-7-8-9-11-14(2)12-10-13-15(3)16(4)17/h14-17H,5-13H2,1-4H3/t14-,15+,16+/m1/s1. The van der Waals surface area contributed by atoms with Crippen molar-refractivity contribution in [3.8, 4) is 0 Å². The first-order valence-corrected chi connectivity index (χ1v) is 7.76. The average molecular weight is 242 g/mol. The smallest absolute Gasteiger partial charge is 0.0537 e. The zero-order chi connectivity index (χ0) is 13.1. The van der Waals surface area contributed by atoms with Crippen molar-refractivity contribution in [2.75, 3.05) is 0 Å². The molecule has 0 amide bonds. The molecule has 0 saturated heterocycles. The minimum absolute atomic E-state index is 0.139. The fourth-order valence-corrected chi connectivity index (χ4v) is 2.27. The molecule has 0 bridgehead atoms. The van der Waals surface area contributed by atoms with Crippen LogP contribution in [-0.4, -0.2) is 11.2 Å². The number of rotatable bonds is 11. The second-order valence-electron chi connectivity index (χ2n) is 5.96. The van der Waals surface area contributed by atoms with E-state index in [0.717, 1.165) is 5.92 Å². The maximum absolute atomic E-state index is 9.41. The molecule has 17 heavy (non-hydrogen) atoms. The zero-order valence-electron chi connectivity index (χ0n) is 12.5. The van der Waals surface area contributed by atoms with Crippen LogP contribution in [0.25, 0.3) is 0 Å². The molecule has 0 aromatic carbocycles. The largest absolute Gasteiger partial charge is 0.393 e. The van der Waals surface area contributed by atoms with Gasteiger partial charge in [-0.2, -0.15) is 0 Å². The summed E-state index contributed by atoms with van der Waals surface area (Å²) in [4.78, 5) is 0. The summed E-state index contributed by atoms with van der Waals surface area (Å²) in [6.07, 6.45) is 12.0. The second kappa shape index (κ2) is 11.1. The normalized spacial score (nSPS) is 16.8. The summed E-state index contributed by atoms with van der Waals surface area (Å²) in [6.45, 7) is 8.71. The van der Waals surface area contributed by atoms with Crippen molar-refractivity contribution in [2.45, 2.75) is 91.6 Å². The lowest BCUT2D eigenvalue weighted by Crippen LogP contribution is -2.13. The van der Waals surface area contributed by atoms with Crippen molar-refractivity contribution >= 4 is 0 Å². The van der Waals surface area contributed by atoms with Crippen LogP contribution < -0.4 is 0 Å². The lowest BCUT2D eigenvalue weighted by Gasteiger charge is -2.16. The maximum Gasteiger partial charge on any atom is 0.0537 e. The molecule has 1 heteroatoms. The highest BCUT2D eigenvalue weighted by Gasteiger charge is 2.09. The molecule has 0 unspecified atom stereocenters. The maximum atomic E-state index is 9.41. The molecule has 0 spiro atoms. The predicted molar refractivity (Wildman–Crippen MR) is 77.2 cm³/mol. The quantitative estimate of drug-likeness (QED) is 0.496. The lowest BCUT2D eigenvalue weighted by atomic mass is 9.93. The molecule has 0 aromatic heterocycles. The van der Waals surface area contributed by atoms with Gasteiger partial charge in [0.25, 0.3) is 0 Å². The molecule has 0 heterocycles. The average Bonchev–Trinajstić information content (AvgIpc) is 2.28. The molecular formula is C16H34O. The van der Waals surface area contributed by atoms with Gasteiger partial charge in [-0.1, -0.05) is 72.1 Å². The van der Waals surface area contributed by atoms with E-state index in [2.05, 4.69) is 20.8 Å². The summed E-state index contributed by atoms with van der Waals surface area (Å²) < 4.78 is 0. The number of unbranched alkanes of at least 4 members (excludes halogenated alkanes) is 4. The minimum Gasteiger partial charge on any atom is -0.393 e. The molecular weight excluding hydrogens is 208 g/mol. The van der Waals surface area contributed by atoms with Crippen molar-refractivity contribution in [2.24, 2.45) is 11.8 Å². The number of aliphatic hydroxyl groups is 1. The highest BCUT2D eigenvalue weighted by atomic mass is 16.3. The Hall–Kier alpha value is -0.0400. The van der Waals surface area contributed by atoms with E-state index >= 15 is 0 Å². The summed E-state index contributed by atoms with van der Waals surface area (Å²) in [5.41, 5.74) is 0. The SMILES string of the molecule is CCCCCCC[C@@H](C)CCC[C@H](C)[C@H](C)O. The first-order valence-electron chi connectivity index (χ1n) is 7.76. The monoisotopic (exact) mass is 242 g/mol. The van der Waals surface area contributed by atoms with Gasteiger partial charge in [0.2, 0.25) is 0 Å². The Morgan fingerprint density at radius 3 is 1.94 bits per heavy atom. The van der Waals surface area contributed by atoms with Crippen molar-refractivity contribution in [1.29, 1.82) is 0 Å². The molecule has 0 saturated carbocycles. The van der Waals surface area contributed by atoms with E-state index in [1.54, 1.807) is 0 Å². The Morgan fingerprint density at radius 2 is 1.35 bits per heavy atom. The molecule has 0 aromatic rings. The van der Waals surface area contributed by atoms with Gasteiger partial charge in [-0.25, -0.2) is 0 Å². The Kier molecular flexibility index (Phi) is 11.0. The van der Waals surface area contributed by atoms with Gasteiger partial charge in [0.05, 0.1) is 6.10 Å². The first kappa shape index (κ1) is 17.0. The summed E-state index contributed by atoms with van der Waals surface area (Å²) in [5.74, 6) is 1.34.